The van der Waals surface area contributed by atoms with Gasteiger partial charge in [0.25, 0.3) is 0 Å². The largest absolute Gasteiger partial charge is 0.324 e. The summed E-state index contributed by atoms with van der Waals surface area (Å²) in [7, 11) is 0. The molecule has 0 aliphatic carbocycles. The Morgan fingerprint density at radius 2 is 1.92 bits per heavy atom. The molecular formula is C22H16N4. The summed E-state index contributed by atoms with van der Waals surface area (Å²) in [6, 6.07) is 15.9. The molecule has 0 amide bonds. The lowest BCUT2D eigenvalue weighted by Gasteiger charge is -2.10. The number of hydrogen-bond donors (Lipinski definition) is 1. The van der Waals surface area contributed by atoms with Crippen LogP contribution in [0, 0.1) is 19.3 Å². The van der Waals surface area contributed by atoms with E-state index >= 15 is 0 Å². The van der Waals surface area contributed by atoms with Crippen LogP contribution in [0.3, 0.4) is 0 Å². The van der Waals surface area contributed by atoms with Crippen molar-refractivity contribution in [2.45, 2.75) is 6.92 Å². The third kappa shape index (κ3) is 3.24. The number of benzene rings is 2. The van der Waals surface area contributed by atoms with Crippen LogP contribution in [-0.4, -0.2) is 15.0 Å². The zero-order chi connectivity index (χ0) is 17.9. The monoisotopic (exact) mass is 336 g/mol. The maximum Gasteiger partial charge on any atom is 0.227 e. The van der Waals surface area contributed by atoms with Gasteiger partial charge in [0, 0.05) is 40.8 Å². The van der Waals surface area contributed by atoms with E-state index in [9.17, 15) is 0 Å². The van der Waals surface area contributed by atoms with E-state index in [-0.39, 0.29) is 0 Å². The number of hydrogen-bond acceptors (Lipinski definition) is 4. The van der Waals surface area contributed by atoms with Crippen LogP contribution in [-0.2, 0) is 0 Å². The number of terminal acetylenes is 1. The van der Waals surface area contributed by atoms with Gasteiger partial charge in [-0.3, -0.25) is 4.98 Å². The Balaban J connectivity index is 1.68. The predicted octanol–water partition coefficient (Wildman–Crippen LogP) is 4.73. The molecule has 0 bridgehead atoms. The van der Waals surface area contributed by atoms with E-state index in [0.29, 0.717) is 5.95 Å². The Hall–Kier alpha value is -3.71. The van der Waals surface area contributed by atoms with Crippen molar-refractivity contribution in [2.75, 3.05) is 5.32 Å². The number of aromatic nitrogens is 3. The summed E-state index contributed by atoms with van der Waals surface area (Å²) in [6.45, 7) is 2.06. The molecule has 2 aromatic carbocycles. The maximum atomic E-state index is 5.44. The first kappa shape index (κ1) is 15.8. The van der Waals surface area contributed by atoms with Gasteiger partial charge < -0.3 is 5.32 Å². The van der Waals surface area contributed by atoms with E-state index in [1.54, 1.807) is 12.4 Å². The van der Waals surface area contributed by atoms with Gasteiger partial charge in [-0.05, 0) is 54.4 Å². The first-order valence-corrected chi connectivity index (χ1v) is 8.24. The Labute approximate surface area is 152 Å². The van der Waals surface area contributed by atoms with E-state index in [1.807, 2.05) is 36.5 Å². The Morgan fingerprint density at radius 3 is 2.73 bits per heavy atom. The number of nitrogens with zero attached hydrogens (tertiary/aromatic N) is 3. The number of pyridine rings is 1. The molecule has 0 atom stereocenters. The molecule has 0 spiro atoms. The molecule has 4 aromatic rings. The van der Waals surface area contributed by atoms with Gasteiger partial charge >= 0.3 is 0 Å². The summed E-state index contributed by atoms with van der Waals surface area (Å²) in [5.41, 5.74) is 5.92. The number of anilines is 2. The van der Waals surface area contributed by atoms with Crippen molar-refractivity contribution in [1.82, 2.24) is 15.0 Å². The molecule has 0 radical (unpaired) electrons. The van der Waals surface area contributed by atoms with Crippen LogP contribution in [0.25, 0.3) is 22.0 Å². The highest BCUT2D eigenvalue weighted by molar-refractivity contribution is 5.81. The molecule has 2 aromatic heterocycles. The zero-order valence-electron chi connectivity index (χ0n) is 14.3. The van der Waals surface area contributed by atoms with E-state index in [4.69, 9.17) is 6.42 Å². The summed E-state index contributed by atoms with van der Waals surface area (Å²) in [4.78, 5) is 13.2. The lowest BCUT2D eigenvalue weighted by molar-refractivity contribution is 1.21. The Kier molecular flexibility index (Phi) is 4.04. The van der Waals surface area contributed by atoms with Gasteiger partial charge in [-0.25, -0.2) is 9.97 Å². The molecule has 0 saturated carbocycles. The molecule has 4 rings (SSSR count). The molecule has 4 heteroatoms. The first-order chi connectivity index (χ1) is 12.7. The van der Waals surface area contributed by atoms with E-state index in [0.717, 1.165) is 38.8 Å². The quantitative estimate of drug-likeness (QED) is 0.550. The second-order valence-corrected chi connectivity index (χ2v) is 6.07. The van der Waals surface area contributed by atoms with Gasteiger partial charge in [-0.1, -0.05) is 18.1 Å². The average molecular weight is 336 g/mol. The van der Waals surface area contributed by atoms with Crippen LogP contribution in [0.5, 0.6) is 0 Å². The van der Waals surface area contributed by atoms with Crippen LogP contribution in [0.2, 0.25) is 0 Å². The molecule has 0 fully saturated rings. The van der Waals surface area contributed by atoms with Crippen molar-refractivity contribution in [1.29, 1.82) is 0 Å². The molecule has 0 unspecified atom stereocenters. The van der Waals surface area contributed by atoms with E-state index in [1.165, 1.54) is 0 Å². The van der Waals surface area contributed by atoms with E-state index < -0.39 is 0 Å². The van der Waals surface area contributed by atoms with Crippen molar-refractivity contribution >= 4 is 22.5 Å². The summed E-state index contributed by atoms with van der Waals surface area (Å²) < 4.78 is 0. The highest BCUT2D eigenvalue weighted by atomic mass is 15.1. The Morgan fingerprint density at radius 1 is 1.00 bits per heavy atom. The molecule has 1 N–H and O–H groups in total. The normalized spacial score (nSPS) is 10.5. The number of fused-ring (bicyclic) bond motifs is 1. The van der Waals surface area contributed by atoms with Gasteiger partial charge in [-0.15, -0.1) is 6.42 Å². The third-order valence-corrected chi connectivity index (χ3v) is 4.07. The molecule has 0 aliphatic heterocycles. The standard InChI is InChI=1S/C22H16N4/c1-3-16-6-7-21-19(11-16)14-24-22(26-21)25-20-10-15(2)9-18(12-20)17-5-4-8-23-13-17/h1,4-14H,2H3,(H,24,25,26). The second-order valence-electron chi connectivity index (χ2n) is 6.07. The van der Waals surface area contributed by atoms with Crippen molar-refractivity contribution in [3.63, 3.8) is 0 Å². The molecule has 26 heavy (non-hydrogen) atoms. The topological polar surface area (TPSA) is 50.7 Å². The summed E-state index contributed by atoms with van der Waals surface area (Å²) in [5, 5.41) is 4.22. The smallest absolute Gasteiger partial charge is 0.227 e. The highest BCUT2D eigenvalue weighted by Crippen LogP contribution is 2.26. The minimum atomic E-state index is 0.550. The summed E-state index contributed by atoms with van der Waals surface area (Å²) in [6.07, 6.45) is 10.8. The van der Waals surface area contributed by atoms with Crippen LogP contribution < -0.4 is 5.32 Å². The minimum absolute atomic E-state index is 0.550. The fraction of sp³-hybridized carbons (Fsp3) is 0.0455. The van der Waals surface area contributed by atoms with Gasteiger partial charge in [0.05, 0.1) is 5.52 Å². The van der Waals surface area contributed by atoms with Gasteiger partial charge in [-0.2, -0.15) is 0 Å². The van der Waals surface area contributed by atoms with Gasteiger partial charge in [0.1, 0.15) is 0 Å². The van der Waals surface area contributed by atoms with Gasteiger partial charge in [0.15, 0.2) is 0 Å². The fourth-order valence-corrected chi connectivity index (χ4v) is 2.87. The van der Waals surface area contributed by atoms with Crippen molar-refractivity contribution in [2.24, 2.45) is 0 Å². The number of nitrogens with one attached hydrogen (secondary N) is 1. The van der Waals surface area contributed by atoms with Crippen molar-refractivity contribution in [3.05, 3.63) is 78.2 Å². The molecule has 2 heterocycles. The zero-order valence-corrected chi connectivity index (χ0v) is 14.3. The summed E-state index contributed by atoms with van der Waals surface area (Å²) >= 11 is 0. The second kappa shape index (κ2) is 6.66. The minimum Gasteiger partial charge on any atom is -0.324 e. The average Bonchev–Trinajstić information content (AvgIpc) is 2.68. The lowest BCUT2D eigenvalue weighted by Crippen LogP contribution is -1.98. The van der Waals surface area contributed by atoms with Gasteiger partial charge in [0.2, 0.25) is 5.95 Å². The molecule has 0 saturated heterocycles. The molecule has 124 valence electrons. The third-order valence-electron chi connectivity index (χ3n) is 4.07. The van der Waals surface area contributed by atoms with E-state index in [2.05, 4.69) is 51.3 Å². The highest BCUT2D eigenvalue weighted by Gasteiger charge is 2.05. The predicted molar refractivity (Wildman–Crippen MR) is 105 cm³/mol. The maximum absolute atomic E-state index is 5.44. The molecular weight excluding hydrogens is 320 g/mol. The Bertz CT molecular complexity index is 1130. The lowest BCUT2D eigenvalue weighted by atomic mass is 10.0. The van der Waals surface area contributed by atoms with Crippen LogP contribution in [0.4, 0.5) is 11.6 Å². The molecule has 0 aliphatic rings. The SMILES string of the molecule is C#Cc1ccc2nc(Nc3cc(C)cc(-c4cccnc4)c3)ncc2c1. The summed E-state index contributed by atoms with van der Waals surface area (Å²) in [5.74, 6) is 3.17. The van der Waals surface area contributed by atoms with Crippen LogP contribution >= 0.6 is 0 Å². The molecule has 4 nitrogen and oxygen atoms in total. The van der Waals surface area contributed by atoms with Crippen molar-refractivity contribution < 1.29 is 0 Å². The van der Waals surface area contributed by atoms with Crippen molar-refractivity contribution in [3.8, 4) is 23.5 Å². The van der Waals surface area contributed by atoms with Crippen LogP contribution in [0.1, 0.15) is 11.1 Å². The first-order valence-electron chi connectivity index (χ1n) is 8.24. The number of rotatable bonds is 3. The number of aryl methyl sites for hydroxylation is 1. The fourth-order valence-electron chi connectivity index (χ4n) is 2.87. The van der Waals surface area contributed by atoms with Crippen LogP contribution in [0.15, 0.2) is 67.1 Å².